The van der Waals surface area contributed by atoms with E-state index in [1.165, 1.54) is 11.1 Å². The summed E-state index contributed by atoms with van der Waals surface area (Å²) in [5, 5.41) is 3.62. The summed E-state index contributed by atoms with van der Waals surface area (Å²) in [6.45, 7) is 6.52. The molecule has 2 fully saturated rings. The van der Waals surface area contributed by atoms with E-state index >= 15 is 0 Å². The van der Waals surface area contributed by atoms with Crippen molar-refractivity contribution in [2.45, 2.75) is 70.6 Å². The van der Waals surface area contributed by atoms with Crippen molar-refractivity contribution in [1.82, 2.24) is 10.2 Å². The number of benzene rings is 1. The zero-order chi connectivity index (χ0) is 15.0. The molecule has 1 unspecified atom stereocenters. The van der Waals surface area contributed by atoms with Crippen molar-refractivity contribution in [2.75, 3.05) is 0 Å². The normalized spacial score (nSPS) is 23.3. The van der Waals surface area contributed by atoms with Gasteiger partial charge in [0.15, 0.2) is 0 Å². The summed E-state index contributed by atoms with van der Waals surface area (Å²) in [5.74, 6) is 0.320. The Bertz CT molecular complexity index is 515. The van der Waals surface area contributed by atoms with Crippen LogP contribution < -0.4 is 5.32 Å². The Labute approximate surface area is 127 Å². The summed E-state index contributed by atoms with van der Waals surface area (Å²) in [4.78, 5) is 14.9. The van der Waals surface area contributed by atoms with Gasteiger partial charge in [-0.25, -0.2) is 0 Å². The molecular weight excluding hydrogens is 260 g/mol. The van der Waals surface area contributed by atoms with Crippen molar-refractivity contribution in [2.24, 2.45) is 0 Å². The van der Waals surface area contributed by atoms with Crippen molar-refractivity contribution < 1.29 is 4.79 Å². The molecule has 1 aliphatic carbocycles. The molecule has 1 aromatic rings. The molecule has 1 atom stereocenters. The van der Waals surface area contributed by atoms with Crippen LogP contribution in [0.3, 0.4) is 0 Å². The maximum Gasteiger partial charge on any atom is 0.244 e. The van der Waals surface area contributed by atoms with Gasteiger partial charge in [-0.3, -0.25) is 10.1 Å². The molecule has 0 aromatic heterocycles. The van der Waals surface area contributed by atoms with Crippen LogP contribution in [0.15, 0.2) is 24.3 Å². The van der Waals surface area contributed by atoms with E-state index < -0.39 is 0 Å². The van der Waals surface area contributed by atoms with Gasteiger partial charge in [0.25, 0.3) is 0 Å². The van der Waals surface area contributed by atoms with Crippen molar-refractivity contribution in [1.29, 1.82) is 0 Å². The first kappa shape index (κ1) is 14.6. The second-order valence-electron chi connectivity index (χ2n) is 6.41. The van der Waals surface area contributed by atoms with Crippen LogP contribution in [0.25, 0.3) is 0 Å². The number of nitrogens with zero attached hydrogens (tertiary/aromatic N) is 1. The summed E-state index contributed by atoms with van der Waals surface area (Å²) < 4.78 is 0. The molecule has 1 saturated heterocycles. The molecule has 114 valence electrons. The molecule has 0 radical (unpaired) electrons. The van der Waals surface area contributed by atoms with Crippen molar-refractivity contribution >= 4 is 5.91 Å². The van der Waals surface area contributed by atoms with Gasteiger partial charge in [-0.15, -0.1) is 0 Å². The summed E-state index contributed by atoms with van der Waals surface area (Å²) in [6.07, 6.45) is 5.12. The minimum Gasteiger partial charge on any atom is -0.318 e. The van der Waals surface area contributed by atoms with Gasteiger partial charge < -0.3 is 4.90 Å². The number of amides is 1. The van der Waals surface area contributed by atoms with E-state index in [0.29, 0.717) is 11.9 Å². The van der Waals surface area contributed by atoms with Gasteiger partial charge in [0.1, 0.15) is 11.7 Å². The molecule has 1 saturated carbocycles. The highest BCUT2D eigenvalue weighted by Crippen LogP contribution is 2.47. The second-order valence-corrected chi connectivity index (χ2v) is 6.41. The largest absolute Gasteiger partial charge is 0.318 e. The zero-order valence-electron chi connectivity index (χ0n) is 13.4. The van der Waals surface area contributed by atoms with Gasteiger partial charge in [0, 0.05) is 6.04 Å². The highest BCUT2D eigenvalue weighted by Gasteiger charge is 2.60. The molecule has 1 amide bonds. The van der Waals surface area contributed by atoms with Crippen LogP contribution in [0, 0.1) is 0 Å². The molecule has 0 bridgehead atoms. The fourth-order valence-corrected chi connectivity index (χ4v) is 3.48. The molecule has 3 rings (SSSR count). The lowest BCUT2D eigenvalue weighted by atomic mass is 10.0. The van der Waals surface area contributed by atoms with Crippen LogP contribution in [0.4, 0.5) is 0 Å². The highest BCUT2D eigenvalue weighted by atomic mass is 16.2. The Balaban J connectivity index is 1.92. The van der Waals surface area contributed by atoms with E-state index in [1.54, 1.807) is 0 Å². The van der Waals surface area contributed by atoms with Crippen LogP contribution in [0.5, 0.6) is 0 Å². The SMILES string of the molecule is CCc1ccc(C2NC3(CC3)C(=O)N2C(CC)CC)cc1. The minimum atomic E-state index is -0.239. The molecule has 1 heterocycles. The zero-order valence-corrected chi connectivity index (χ0v) is 13.4. The standard InChI is InChI=1S/C18H26N2O/c1-4-13-7-9-14(10-8-13)16-19-18(11-12-18)17(21)20(16)15(5-2)6-3/h7-10,15-16,19H,4-6,11-12H2,1-3H3. The Morgan fingerprint density at radius 1 is 1.19 bits per heavy atom. The van der Waals surface area contributed by atoms with Crippen molar-refractivity contribution in [3.05, 3.63) is 35.4 Å². The average Bonchev–Trinajstić information content (AvgIpc) is 3.25. The molecule has 1 aromatic carbocycles. The van der Waals surface area contributed by atoms with Crippen molar-refractivity contribution in [3.63, 3.8) is 0 Å². The van der Waals surface area contributed by atoms with E-state index in [2.05, 4.69) is 55.3 Å². The summed E-state index contributed by atoms with van der Waals surface area (Å²) in [7, 11) is 0. The minimum absolute atomic E-state index is 0.0517. The van der Waals surface area contributed by atoms with Gasteiger partial charge in [0.2, 0.25) is 5.91 Å². The van der Waals surface area contributed by atoms with Gasteiger partial charge >= 0.3 is 0 Å². The van der Waals surface area contributed by atoms with Gasteiger partial charge in [-0.05, 0) is 43.2 Å². The maximum absolute atomic E-state index is 12.8. The molecule has 21 heavy (non-hydrogen) atoms. The Kier molecular flexibility index (Phi) is 3.78. The smallest absolute Gasteiger partial charge is 0.244 e. The molecule has 1 spiro atoms. The predicted octanol–water partition coefficient (Wildman–Crippen LogP) is 3.40. The van der Waals surface area contributed by atoms with Crippen LogP contribution >= 0.6 is 0 Å². The first-order valence-electron chi connectivity index (χ1n) is 8.34. The van der Waals surface area contributed by atoms with Gasteiger partial charge in [-0.2, -0.15) is 0 Å². The third-order valence-electron chi connectivity index (χ3n) is 5.12. The second kappa shape index (κ2) is 5.45. The Morgan fingerprint density at radius 2 is 1.81 bits per heavy atom. The first-order chi connectivity index (χ1) is 10.1. The molecule has 1 N–H and O–H groups in total. The number of hydrogen-bond donors (Lipinski definition) is 1. The summed E-state index contributed by atoms with van der Waals surface area (Å²) >= 11 is 0. The Hall–Kier alpha value is -1.35. The lowest BCUT2D eigenvalue weighted by molar-refractivity contribution is -0.133. The van der Waals surface area contributed by atoms with Crippen LogP contribution in [0.1, 0.15) is 63.7 Å². The summed E-state index contributed by atoms with van der Waals surface area (Å²) in [6, 6.07) is 9.07. The number of hydrogen-bond acceptors (Lipinski definition) is 2. The van der Waals surface area contributed by atoms with Crippen LogP contribution in [0.2, 0.25) is 0 Å². The fourth-order valence-electron chi connectivity index (χ4n) is 3.48. The fraction of sp³-hybridized carbons (Fsp3) is 0.611. The highest BCUT2D eigenvalue weighted by molar-refractivity contribution is 5.92. The number of carbonyl (C=O) groups is 1. The molecule has 3 heteroatoms. The lowest BCUT2D eigenvalue weighted by Gasteiger charge is -2.32. The number of carbonyl (C=O) groups excluding carboxylic acids is 1. The van der Waals surface area contributed by atoms with E-state index in [1.807, 2.05) is 0 Å². The topological polar surface area (TPSA) is 32.3 Å². The number of rotatable bonds is 5. The number of aryl methyl sites for hydroxylation is 1. The molecule has 2 aliphatic rings. The van der Waals surface area contributed by atoms with Gasteiger partial charge in [-0.1, -0.05) is 45.0 Å². The summed E-state index contributed by atoms with van der Waals surface area (Å²) in [5.41, 5.74) is 2.32. The van der Waals surface area contributed by atoms with E-state index in [4.69, 9.17) is 0 Å². The number of nitrogens with one attached hydrogen (secondary N) is 1. The maximum atomic E-state index is 12.8. The third kappa shape index (κ3) is 2.38. The lowest BCUT2D eigenvalue weighted by Crippen LogP contribution is -2.39. The van der Waals surface area contributed by atoms with E-state index in [9.17, 15) is 4.79 Å². The van der Waals surface area contributed by atoms with E-state index in [-0.39, 0.29) is 11.7 Å². The monoisotopic (exact) mass is 286 g/mol. The van der Waals surface area contributed by atoms with E-state index in [0.717, 1.165) is 32.1 Å². The third-order valence-corrected chi connectivity index (χ3v) is 5.12. The molecule has 1 aliphatic heterocycles. The molecule has 3 nitrogen and oxygen atoms in total. The quantitative estimate of drug-likeness (QED) is 0.899. The van der Waals surface area contributed by atoms with Crippen molar-refractivity contribution in [3.8, 4) is 0 Å². The predicted molar refractivity (Wildman–Crippen MR) is 84.9 cm³/mol. The van der Waals surface area contributed by atoms with Gasteiger partial charge in [0.05, 0.1) is 0 Å². The average molecular weight is 286 g/mol. The Morgan fingerprint density at radius 3 is 2.29 bits per heavy atom. The van der Waals surface area contributed by atoms with Crippen LogP contribution in [-0.2, 0) is 11.2 Å². The molecular formula is C18H26N2O. The van der Waals surface area contributed by atoms with Crippen LogP contribution in [-0.4, -0.2) is 22.4 Å². The first-order valence-corrected chi connectivity index (χ1v) is 8.34.